The first-order chi connectivity index (χ1) is 10.2. The molecule has 1 aliphatic heterocycles. The third-order valence-electron chi connectivity index (χ3n) is 4.18. The van der Waals surface area contributed by atoms with Gasteiger partial charge in [0.2, 0.25) is 0 Å². The summed E-state index contributed by atoms with van der Waals surface area (Å²) in [5.41, 5.74) is 8.14. The molecule has 1 fully saturated rings. The van der Waals surface area contributed by atoms with Gasteiger partial charge in [0.15, 0.2) is 0 Å². The minimum Gasteiger partial charge on any atom is -0.393 e. The van der Waals surface area contributed by atoms with Gasteiger partial charge >= 0.3 is 0 Å². The molecule has 1 saturated heterocycles. The van der Waals surface area contributed by atoms with Gasteiger partial charge in [0.1, 0.15) is 10.8 Å². The summed E-state index contributed by atoms with van der Waals surface area (Å²) in [4.78, 5) is 6.39. The molecule has 21 heavy (non-hydrogen) atoms. The predicted molar refractivity (Wildman–Crippen MR) is 86.4 cm³/mol. The summed E-state index contributed by atoms with van der Waals surface area (Å²) < 4.78 is 4.33. The molecular weight excluding hydrogens is 284 g/mol. The van der Waals surface area contributed by atoms with Crippen molar-refractivity contribution >= 4 is 22.4 Å². The molecule has 0 saturated carbocycles. The number of hydrogen-bond donors (Lipinski definition) is 2. The molecule has 0 aromatic carbocycles. The van der Waals surface area contributed by atoms with Crippen molar-refractivity contribution in [3.05, 3.63) is 24.5 Å². The van der Waals surface area contributed by atoms with E-state index in [2.05, 4.69) is 14.3 Å². The van der Waals surface area contributed by atoms with Gasteiger partial charge in [0.05, 0.1) is 11.7 Å². The number of aliphatic hydroxyl groups is 1. The van der Waals surface area contributed by atoms with Crippen molar-refractivity contribution in [3.63, 3.8) is 0 Å². The lowest BCUT2D eigenvalue weighted by molar-refractivity contribution is 0.110. The van der Waals surface area contributed by atoms with Crippen LogP contribution in [0.25, 0.3) is 11.1 Å². The van der Waals surface area contributed by atoms with Crippen LogP contribution in [0.4, 0.5) is 10.8 Å². The number of piperidine rings is 1. The van der Waals surface area contributed by atoms with Gasteiger partial charge in [0, 0.05) is 25.5 Å². The van der Waals surface area contributed by atoms with E-state index in [1.165, 1.54) is 11.5 Å². The Morgan fingerprint density at radius 2 is 2.00 bits per heavy atom. The molecule has 1 atom stereocenters. The number of nitrogens with two attached hydrogens (primary N) is 1. The summed E-state index contributed by atoms with van der Waals surface area (Å²) in [6.07, 6.45) is 5.33. The van der Waals surface area contributed by atoms with Crippen molar-refractivity contribution in [2.45, 2.75) is 25.9 Å². The van der Waals surface area contributed by atoms with E-state index in [1.54, 1.807) is 12.4 Å². The van der Waals surface area contributed by atoms with Crippen LogP contribution < -0.4 is 10.6 Å². The number of anilines is 2. The Hall–Kier alpha value is -1.66. The molecule has 0 bridgehead atoms. The highest BCUT2D eigenvalue weighted by atomic mass is 32.1. The molecule has 1 unspecified atom stereocenters. The molecule has 0 spiro atoms. The van der Waals surface area contributed by atoms with Crippen LogP contribution in [-0.2, 0) is 0 Å². The highest BCUT2D eigenvalue weighted by Gasteiger charge is 2.26. The SMILES string of the molecule is CC(O)C1CCN(c2snc(N)c2-c2ccncc2)CC1. The fourth-order valence-corrected chi connectivity index (χ4v) is 3.77. The Morgan fingerprint density at radius 3 is 2.62 bits per heavy atom. The lowest BCUT2D eigenvalue weighted by atomic mass is 9.92. The fraction of sp³-hybridized carbons (Fsp3) is 0.467. The zero-order valence-corrected chi connectivity index (χ0v) is 12.9. The molecule has 5 nitrogen and oxygen atoms in total. The summed E-state index contributed by atoms with van der Waals surface area (Å²) in [6, 6.07) is 3.93. The molecule has 6 heteroatoms. The average molecular weight is 304 g/mol. The maximum absolute atomic E-state index is 9.72. The topological polar surface area (TPSA) is 75.3 Å². The monoisotopic (exact) mass is 304 g/mol. The van der Waals surface area contributed by atoms with Gasteiger partial charge in [-0.05, 0) is 54.9 Å². The third kappa shape index (κ3) is 2.87. The zero-order chi connectivity index (χ0) is 14.8. The summed E-state index contributed by atoms with van der Waals surface area (Å²) in [5.74, 6) is 0.981. The van der Waals surface area contributed by atoms with Gasteiger partial charge in [-0.3, -0.25) is 4.98 Å². The quantitative estimate of drug-likeness (QED) is 0.910. The van der Waals surface area contributed by atoms with Crippen LogP contribution in [0.3, 0.4) is 0 Å². The van der Waals surface area contributed by atoms with E-state index < -0.39 is 0 Å². The van der Waals surface area contributed by atoms with Crippen molar-refractivity contribution in [2.75, 3.05) is 23.7 Å². The smallest absolute Gasteiger partial charge is 0.147 e. The van der Waals surface area contributed by atoms with Gasteiger partial charge in [-0.25, -0.2) is 0 Å². The molecule has 1 aliphatic rings. The molecule has 0 amide bonds. The summed E-state index contributed by atoms with van der Waals surface area (Å²) in [6.45, 7) is 3.76. The Morgan fingerprint density at radius 1 is 1.33 bits per heavy atom. The van der Waals surface area contributed by atoms with Crippen LogP contribution in [0.1, 0.15) is 19.8 Å². The second kappa shape index (κ2) is 5.99. The average Bonchev–Trinajstić information content (AvgIpc) is 2.90. The second-order valence-corrected chi connectivity index (χ2v) is 6.30. The largest absolute Gasteiger partial charge is 0.393 e. The fourth-order valence-electron chi connectivity index (χ4n) is 2.88. The Balaban J connectivity index is 1.85. The number of nitrogen functional groups attached to an aromatic ring is 1. The molecule has 3 N–H and O–H groups in total. The Bertz CT molecular complexity index is 591. The van der Waals surface area contributed by atoms with E-state index in [0.717, 1.165) is 42.1 Å². The minimum atomic E-state index is -0.224. The molecule has 112 valence electrons. The first kappa shape index (κ1) is 14.3. The van der Waals surface area contributed by atoms with E-state index in [9.17, 15) is 5.11 Å². The molecule has 3 rings (SSSR count). The van der Waals surface area contributed by atoms with E-state index >= 15 is 0 Å². The van der Waals surface area contributed by atoms with Crippen LogP contribution in [-0.4, -0.2) is 33.7 Å². The van der Waals surface area contributed by atoms with Gasteiger partial charge in [0.25, 0.3) is 0 Å². The van der Waals surface area contributed by atoms with Gasteiger partial charge in [-0.2, -0.15) is 4.37 Å². The number of hydrogen-bond acceptors (Lipinski definition) is 6. The molecule has 2 aromatic heterocycles. The van der Waals surface area contributed by atoms with E-state index in [0.29, 0.717) is 11.7 Å². The van der Waals surface area contributed by atoms with Crippen LogP contribution in [0.15, 0.2) is 24.5 Å². The number of pyridine rings is 1. The first-order valence-corrected chi connectivity index (χ1v) is 8.02. The highest BCUT2D eigenvalue weighted by molar-refractivity contribution is 7.11. The van der Waals surface area contributed by atoms with Crippen molar-refractivity contribution in [1.82, 2.24) is 9.36 Å². The van der Waals surface area contributed by atoms with Crippen molar-refractivity contribution in [3.8, 4) is 11.1 Å². The van der Waals surface area contributed by atoms with E-state index in [1.807, 2.05) is 19.1 Å². The Labute approximate surface area is 128 Å². The van der Waals surface area contributed by atoms with Crippen LogP contribution in [0, 0.1) is 5.92 Å². The molecule has 2 aromatic rings. The zero-order valence-electron chi connectivity index (χ0n) is 12.1. The maximum atomic E-state index is 9.72. The van der Waals surface area contributed by atoms with Gasteiger partial charge in [-0.15, -0.1) is 0 Å². The van der Waals surface area contributed by atoms with E-state index in [4.69, 9.17) is 5.73 Å². The number of nitrogens with zero attached hydrogens (tertiary/aromatic N) is 3. The van der Waals surface area contributed by atoms with Crippen molar-refractivity contribution in [1.29, 1.82) is 0 Å². The summed E-state index contributed by atoms with van der Waals surface area (Å²) >= 11 is 1.46. The molecule has 0 radical (unpaired) electrons. The minimum absolute atomic E-state index is 0.224. The summed E-state index contributed by atoms with van der Waals surface area (Å²) in [5, 5.41) is 10.8. The van der Waals surface area contributed by atoms with E-state index in [-0.39, 0.29) is 6.10 Å². The van der Waals surface area contributed by atoms with Crippen LogP contribution in [0.2, 0.25) is 0 Å². The highest BCUT2D eigenvalue weighted by Crippen LogP contribution is 2.40. The number of aromatic nitrogens is 2. The molecule has 0 aliphatic carbocycles. The molecular formula is C15H20N4OS. The number of aliphatic hydroxyl groups excluding tert-OH is 1. The lowest BCUT2D eigenvalue weighted by Gasteiger charge is -2.34. The van der Waals surface area contributed by atoms with Crippen LogP contribution >= 0.6 is 11.5 Å². The van der Waals surface area contributed by atoms with Gasteiger partial charge in [-0.1, -0.05) is 0 Å². The molecule has 3 heterocycles. The standard InChI is InChI=1S/C15H20N4OS/c1-10(20)11-4-8-19(9-5-11)15-13(14(16)18-21-15)12-2-6-17-7-3-12/h2-3,6-7,10-11,20H,4-5,8-9H2,1H3,(H2,16,18). The van der Waals surface area contributed by atoms with Crippen molar-refractivity contribution in [2.24, 2.45) is 5.92 Å². The Kier molecular flexibility index (Phi) is 4.07. The van der Waals surface area contributed by atoms with Crippen LogP contribution in [0.5, 0.6) is 0 Å². The normalized spacial score (nSPS) is 17.9. The van der Waals surface area contributed by atoms with Gasteiger partial charge < -0.3 is 15.7 Å². The van der Waals surface area contributed by atoms with Crippen molar-refractivity contribution < 1.29 is 5.11 Å². The third-order valence-corrected chi connectivity index (χ3v) is 5.10. The predicted octanol–water partition coefficient (Wildman–Crippen LogP) is 2.38. The first-order valence-electron chi connectivity index (χ1n) is 7.25. The lowest BCUT2D eigenvalue weighted by Crippen LogP contribution is -2.36. The summed E-state index contributed by atoms with van der Waals surface area (Å²) in [7, 11) is 0. The second-order valence-electron chi connectivity index (χ2n) is 5.55. The number of rotatable bonds is 3. The maximum Gasteiger partial charge on any atom is 0.147 e.